The zero-order valence-corrected chi connectivity index (χ0v) is 15.9. The lowest BCUT2D eigenvalue weighted by atomic mass is 10.1. The van der Waals surface area contributed by atoms with Crippen molar-refractivity contribution < 1.29 is 18.0 Å². The first-order valence-electron chi connectivity index (χ1n) is 8.56. The van der Waals surface area contributed by atoms with E-state index in [1.54, 1.807) is 21.8 Å². The van der Waals surface area contributed by atoms with Crippen LogP contribution in [0.5, 0.6) is 0 Å². The van der Waals surface area contributed by atoms with Gasteiger partial charge in [0.05, 0.1) is 6.20 Å². The van der Waals surface area contributed by atoms with Crippen molar-refractivity contribution in [3.63, 3.8) is 0 Å². The van der Waals surface area contributed by atoms with Crippen LogP contribution in [0.25, 0.3) is 0 Å². The van der Waals surface area contributed by atoms with Crippen LogP contribution >= 0.6 is 0 Å². The summed E-state index contributed by atoms with van der Waals surface area (Å²) in [6.45, 7) is 3.01. The van der Waals surface area contributed by atoms with Crippen molar-refractivity contribution in [2.75, 3.05) is 11.4 Å². The lowest BCUT2D eigenvalue weighted by Crippen LogP contribution is -2.52. The molecular weight excluding hydrogens is 372 g/mol. The van der Waals surface area contributed by atoms with E-state index in [4.69, 9.17) is 5.73 Å². The third-order valence-electron chi connectivity index (χ3n) is 4.55. The Morgan fingerprint density at radius 1 is 1.44 bits per heavy atom. The zero-order chi connectivity index (χ0) is 19.8. The van der Waals surface area contributed by atoms with Crippen molar-refractivity contribution in [2.45, 2.75) is 37.2 Å². The summed E-state index contributed by atoms with van der Waals surface area (Å²) in [4.78, 5) is 25.7. The first-order chi connectivity index (χ1) is 12.7. The van der Waals surface area contributed by atoms with E-state index >= 15 is 0 Å². The maximum atomic E-state index is 12.9. The van der Waals surface area contributed by atoms with E-state index in [9.17, 15) is 18.0 Å². The number of nitrogens with zero attached hydrogens (tertiary/aromatic N) is 4. The Balaban J connectivity index is 1.83. The summed E-state index contributed by atoms with van der Waals surface area (Å²) < 4.78 is 30.9. The molecule has 2 aromatic rings. The summed E-state index contributed by atoms with van der Waals surface area (Å²) in [5, 5.41) is 4.16. The van der Waals surface area contributed by atoms with E-state index in [1.165, 1.54) is 23.9 Å². The first-order valence-corrected chi connectivity index (χ1v) is 10.0. The van der Waals surface area contributed by atoms with Crippen LogP contribution in [0.3, 0.4) is 0 Å². The number of sulfonamides is 1. The van der Waals surface area contributed by atoms with Crippen LogP contribution in [0.4, 0.5) is 5.82 Å². The molecule has 0 saturated carbocycles. The van der Waals surface area contributed by atoms with Gasteiger partial charge in [0.2, 0.25) is 15.9 Å². The molecule has 11 heteroatoms. The van der Waals surface area contributed by atoms with Crippen LogP contribution in [0.2, 0.25) is 0 Å². The third-order valence-corrected chi connectivity index (χ3v) is 5.99. The number of rotatable bonds is 6. The second-order valence-electron chi connectivity index (χ2n) is 6.35. The Bertz CT molecular complexity index is 977. The zero-order valence-electron chi connectivity index (χ0n) is 15.1. The molecule has 10 nitrogen and oxygen atoms in total. The number of aryl methyl sites for hydroxylation is 2. The van der Waals surface area contributed by atoms with Gasteiger partial charge >= 0.3 is 0 Å². The largest absolute Gasteiger partial charge is 0.364 e. The molecule has 0 aliphatic carbocycles. The van der Waals surface area contributed by atoms with Gasteiger partial charge in [-0.3, -0.25) is 14.5 Å². The van der Waals surface area contributed by atoms with Crippen molar-refractivity contribution in [3.05, 3.63) is 30.2 Å². The molecule has 2 amide bonds. The standard InChI is InChI=1S/C16H22N6O4S/c1-3-22-14(6-7-18-22)21-8-4-5-12(16(21)24)19-27(25,26)11-9-13(15(17)23)20(2)10-11/h6-7,9-10,12,19H,3-5,8H2,1-2H3,(H2,17,23). The van der Waals surface area contributed by atoms with Gasteiger partial charge in [0.1, 0.15) is 22.4 Å². The van der Waals surface area contributed by atoms with Crippen molar-refractivity contribution in [1.82, 2.24) is 19.1 Å². The summed E-state index contributed by atoms with van der Waals surface area (Å²) in [7, 11) is -2.46. The molecule has 3 N–H and O–H groups in total. The first kappa shape index (κ1) is 19.1. The summed E-state index contributed by atoms with van der Waals surface area (Å²) in [6, 6.07) is 2.04. The molecule has 1 fully saturated rings. The second kappa shape index (κ2) is 7.16. The number of amides is 2. The number of aromatic nitrogens is 3. The fourth-order valence-electron chi connectivity index (χ4n) is 3.19. The van der Waals surface area contributed by atoms with Gasteiger partial charge in [-0.25, -0.2) is 13.1 Å². The van der Waals surface area contributed by atoms with Crippen LogP contribution in [0, 0.1) is 0 Å². The number of hydrogen-bond donors (Lipinski definition) is 2. The van der Waals surface area contributed by atoms with Crippen molar-refractivity contribution >= 4 is 27.7 Å². The number of carbonyl (C=O) groups excluding carboxylic acids is 2. The van der Waals surface area contributed by atoms with Crippen LogP contribution < -0.4 is 15.4 Å². The highest BCUT2D eigenvalue weighted by Gasteiger charge is 2.34. The molecule has 146 valence electrons. The summed E-state index contributed by atoms with van der Waals surface area (Å²) in [5.74, 6) is -0.417. The highest BCUT2D eigenvalue weighted by molar-refractivity contribution is 7.89. The molecule has 3 rings (SSSR count). The topological polar surface area (TPSA) is 132 Å². The van der Waals surface area contributed by atoms with Crippen LogP contribution in [0.1, 0.15) is 30.3 Å². The molecule has 0 radical (unpaired) electrons. The summed E-state index contributed by atoms with van der Waals surface area (Å²) >= 11 is 0. The van der Waals surface area contributed by atoms with Crippen LogP contribution in [-0.4, -0.2) is 47.2 Å². The number of piperidine rings is 1. The van der Waals surface area contributed by atoms with Crippen molar-refractivity contribution in [1.29, 1.82) is 0 Å². The molecule has 1 saturated heterocycles. The molecule has 0 spiro atoms. The summed E-state index contributed by atoms with van der Waals surface area (Å²) in [5.41, 5.74) is 5.30. The highest BCUT2D eigenvalue weighted by atomic mass is 32.2. The number of primary amides is 1. The lowest BCUT2D eigenvalue weighted by Gasteiger charge is -2.32. The molecule has 1 unspecified atom stereocenters. The van der Waals surface area contributed by atoms with E-state index in [0.717, 1.165) is 0 Å². The highest BCUT2D eigenvalue weighted by Crippen LogP contribution is 2.22. The van der Waals surface area contributed by atoms with Crippen molar-refractivity contribution in [2.24, 2.45) is 12.8 Å². The quantitative estimate of drug-likeness (QED) is 0.701. The number of carbonyl (C=O) groups is 2. The van der Waals surface area contributed by atoms with E-state index < -0.39 is 22.0 Å². The third kappa shape index (κ3) is 3.60. The van der Waals surface area contributed by atoms with Crippen LogP contribution in [0.15, 0.2) is 29.4 Å². The van der Waals surface area contributed by atoms with Gasteiger partial charge in [0.25, 0.3) is 5.91 Å². The molecule has 27 heavy (non-hydrogen) atoms. The predicted molar refractivity (Wildman–Crippen MR) is 97.5 cm³/mol. The van der Waals surface area contributed by atoms with Gasteiger partial charge < -0.3 is 10.3 Å². The summed E-state index contributed by atoms with van der Waals surface area (Å²) in [6.07, 6.45) is 3.94. The molecule has 2 aromatic heterocycles. The van der Waals surface area contributed by atoms with Crippen molar-refractivity contribution in [3.8, 4) is 0 Å². The number of hydrogen-bond acceptors (Lipinski definition) is 5. The minimum absolute atomic E-state index is 0.0684. The van der Waals surface area contributed by atoms with Gasteiger partial charge in [-0.1, -0.05) is 0 Å². The van der Waals surface area contributed by atoms with E-state index in [0.29, 0.717) is 31.7 Å². The van der Waals surface area contributed by atoms with E-state index in [1.807, 2.05) is 6.92 Å². The molecule has 1 atom stereocenters. The minimum atomic E-state index is -3.98. The molecular formula is C16H22N6O4S. The van der Waals surface area contributed by atoms with Gasteiger partial charge in [0.15, 0.2) is 0 Å². The monoisotopic (exact) mass is 394 g/mol. The average molecular weight is 394 g/mol. The van der Waals surface area contributed by atoms with E-state index in [-0.39, 0.29) is 16.5 Å². The Labute approximate surface area is 157 Å². The molecule has 0 bridgehead atoms. The molecule has 3 heterocycles. The SMILES string of the molecule is CCn1nccc1N1CCCC(NS(=O)(=O)c2cc(C(N)=O)n(C)c2)C1=O. The smallest absolute Gasteiger partial charge is 0.265 e. The van der Waals surface area contributed by atoms with Gasteiger partial charge in [0, 0.05) is 32.4 Å². The fourth-order valence-corrected chi connectivity index (χ4v) is 4.49. The Morgan fingerprint density at radius 2 is 2.19 bits per heavy atom. The van der Waals surface area contributed by atoms with Gasteiger partial charge in [-0.15, -0.1) is 0 Å². The maximum Gasteiger partial charge on any atom is 0.265 e. The molecule has 1 aliphatic rings. The average Bonchev–Trinajstić information content (AvgIpc) is 3.23. The maximum absolute atomic E-state index is 12.9. The van der Waals surface area contributed by atoms with Gasteiger partial charge in [-0.05, 0) is 25.8 Å². The number of anilines is 1. The number of nitrogens with two attached hydrogens (primary N) is 1. The predicted octanol–water partition coefficient (Wildman–Crippen LogP) is -0.186. The molecule has 0 aromatic carbocycles. The van der Waals surface area contributed by atoms with Crippen LogP contribution in [-0.2, 0) is 28.4 Å². The van der Waals surface area contributed by atoms with E-state index in [2.05, 4.69) is 9.82 Å². The molecule has 1 aliphatic heterocycles. The Kier molecular flexibility index (Phi) is 5.07. The Hall–Kier alpha value is -2.66. The normalized spacial score (nSPS) is 18.1. The minimum Gasteiger partial charge on any atom is -0.364 e. The fraction of sp³-hybridized carbons (Fsp3) is 0.438. The lowest BCUT2D eigenvalue weighted by molar-refractivity contribution is -0.121. The second-order valence-corrected chi connectivity index (χ2v) is 8.06. The van der Waals surface area contributed by atoms with Gasteiger partial charge in [-0.2, -0.15) is 9.82 Å². The number of nitrogens with one attached hydrogen (secondary N) is 1. The Morgan fingerprint density at radius 3 is 2.81 bits per heavy atom.